The van der Waals surface area contributed by atoms with Crippen LogP contribution in [0.2, 0.25) is 0 Å². The predicted octanol–water partition coefficient (Wildman–Crippen LogP) is 2.76. The highest BCUT2D eigenvalue weighted by Gasteiger charge is 2.37. The monoisotopic (exact) mass is 393 g/mol. The van der Waals surface area contributed by atoms with Crippen LogP contribution in [0.4, 0.5) is 0 Å². The Balaban J connectivity index is 1.65. The topological polar surface area (TPSA) is 65.1 Å². The average molecular weight is 393 g/mol. The van der Waals surface area contributed by atoms with Gasteiger partial charge in [0.05, 0.1) is 18.6 Å². The van der Waals surface area contributed by atoms with Crippen molar-refractivity contribution in [2.75, 3.05) is 20.3 Å². The number of hydrogen-bond acceptors (Lipinski definition) is 6. The van der Waals surface area contributed by atoms with Gasteiger partial charge in [-0.25, -0.2) is 12.7 Å². The van der Waals surface area contributed by atoms with E-state index in [4.69, 9.17) is 26.4 Å². The molecule has 0 amide bonds. The first-order chi connectivity index (χ1) is 12.4. The molecule has 1 aliphatic heterocycles. The third kappa shape index (κ3) is 3.91. The Bertz CT molecular complexity index is 879. The summed E-state index contributed by atoms with van der Waals surface area (Å²) in [5, 5.41) is -0.0612. The maximum Gasteiger partial charge on any atom is 0.274 e. The van der Waals surface area contributed by atoms with Crippen LogP contribution in [0.5, 0.6) is 11.5 Å². The fourth-order valence-electron chi connectivity index (χ4n) is 2.48. The van der Waals surface area contributed by atoms with Crippen molar-refractivity contribution in [3.8, 4) is 11.5 Å². The molecule has 1 aliphatic rings. The summed E-state index contributed by atoms with van der Waals surface area (Å²) in [7, 11) is -2.14. The molecular formula is C18H19NO5S2. The number of sulfonamides is 1. The van der Waals surface area contributed by atoms with Crippen LogP contribution in [0.3, 0.4) is 0 Å². The summed E-state index contributed by atoms with van der Waals surface area (Å²) >= 11 is 5.11. The van der Waals surface area contributed by atoms with E-state index in [0.29, 0.717) is 5.75 Å². The van der Waals surface area contributed by atoms with E-state index in [-0.39, 0.29) is 23.2 Å². The number of benzene rings is 2. The summed E-state index contributed by atoms with van der Waals surface area (Å²) in [4.78, 5) is 0.186. The molecule has 3 rings (SSSR count). The molecule has 0 aromatic heterocycles. The molecule has 26 heavy (non-hydrogen) atoms. The Kier molecular flexibility index (Phi) is 5.33. The van der Waals surface area contributed by atoms with Crippen molar-refractivity contribution in [2.24, 2.45) is 0 Å². The summed E-state index contributed by atoms with van der Waals surface area (Å²) in [6.45, 7) is 2.20. The lowest BCUT2D eigenvalue weighted by Gasteiger charge is -2.15. The van der Waals surface area contributed by atoms with E-state index in [2.05, 4.69) is 0 Å². The molecule has 138 valence electrons. The standard InChI is InChI=1S/C18H19NO5S2/c1-13-3-9-17(10-4-13)26(20,21)19-11-16(24-18(19)25)12-23-15-7-5-14(22-2)6-8-15/h3-10,16H,11-12H2,1-2H3. The molecule has 0 N–H and O–H groups in total. The largest absolute Gasteiger partial charge is 0.497 e. The lowest BCUT2D eigenvalue weighted by molar-refractivity contribution is 0.149. The molecule has 0 spiro atoms. The van der Waals surface area contributed by atoms with Gasteiger partial charge in [-0.15, -0.1) is 0 Å². The summed E-state index contributed by atoms with van der Waals surface area (Å²) < 4.78 is 42.9. The summed E-state index contributed by atoms with van der Waals surface area (Å²) in [6.07, 6.45) is -0.468. The summed E-state index contributed by atoms with van der Waals surface area (Å²) in [5.74, 6) is 1.37. The maximum atomic E-state index is 12.8. The molecule has 1 fully saturated rings. The zero-order valence-corrected chi connectivity index (χ0v) is 16.0. The Morgan fingerprint density at radius 3 is 2.35 bits per heavy atom. The number of methoxy groups -OCH3 is 1. The van der Waals surface area contributed by atoms with Crippen molar-refractivity contribution in [3.05, 3.63) is 54.1 Å². The van der Waals surface area contributed by atoms with Crippen LogP contribution < -0.4 is 9.47 Å². The number of rotatable bonds is 6. The molecule has 2 aromatic rings. The van der Waals surface area contributed by atoms with Crippen LogP contribution >= 0.6 is 12.2 Å². The molecular weight excluding hydrogens is 374 g/mol. The molecule has 1 saturated heterocycles. The number of hydrogen-bond donors (Lipinski definition) is 0. The Hall–Kier alpha value is -2.32. The minimum atomic E-state index is -3.73. The first-order valence-electron chi connectivity index (χ1n) is 7.97. The second-order valence-electron chi connectivity index (χ2n) is 5.84. The fourth-order valence-corrected chi connectivity index (χ4v) is 4.32. The van der Waals surface area contributed by atoms with Gasteiger partial charge in [-0.1, -0.05) is 17.7 Å². The molecule has 0 aliphatic carbocycles. The van der Waals surface area contributed by atoms with Gasteiger partial charge in [0, 0.05) is 0 Å². The highest BCUT2D eigenvalue weighted by atomic mass is 32.2. The zero-order chi connectivity index (χ0) is 18.7. The van der Waals surface area contributed by atoms with Gasteiger partial charge in [-0.05, 0) is 55.5 Å². The third-order valence-corrected chi connectivity index (χ3v) is 6.14. The van der Waals surface area contributed by atoms with E-state index in [0.717, 1.165) is 15.6 Å². The van der Waals surface area contributed by atoms with Crippen LogP contribution in [0.1, 0.15) is 5.56 Å². The second kappa shape index (κ2) is 7.51. The summed E-state index contributed by atoms with van der Waals surface area (Å²) in [5.41, 5.74) is 0.981. The van der Waals surface area contributed by atoms with Gasteiger partial charge in [-0.3, -0.25) is 0 Å². The first-order valence-corrected chi connectivity index (χ1v) is 9.82. The van der Waals surface area contributed by atoms with Crippen molar-refractivity contribution in [3.63, 3.8) is 0 Å². The Morgan fingerprint density at radius 2 is 1.73 bits per heavy atom. The van der Waals surface area contributed by atoms with Crippen LogP contribution in [-0.4, -0.2) is 44.3 Å². The second-order valence-corrected chi connectivity index (χ2v) is 8.05. The van der Waals surface area contributed by atoms with E-state index in [9.17, 15) is 8.42 Å². The van der Waals surface area contributed by atoms with E-state index >= 15 is 0 Å². The quantitative estimate of drug-likeness (QED) is 0.703. The van der Waals surface area contributed by atoms with Crippen LogP contribution in [0.15, 0.2) is 53.4 Å². The molecule has 0 bridgehead atoms. The number of aryl methyl sites for hydroxylation is 1. The zero-order valence-electron chi connectivity index (χ0n) is 14.4. The highest BCUT2D eigenvalue weighted by Crippen LogP contribution is 2.24. The summed E-state index contributed by atoms with van der Waals surface area (Å²) in [6, 6.07) is 13.7. The van der Waals surface area contributed by atoms with Gasteiger partial charge in [0.25, 0.3) is 15.2 Å². The van der Waals surface area contributed by atoms with E-state index in [1.165, 1.54) is 0 Å². The van der Waals surface area contributed by atoms with Gasteiger partial charge in [0.2, 0.25) is 0 Å². The molecule has 1 atom stereocenters. The molecule has 1 unspecified atom stereocenters. The number of nitrogens with zero attached hydrogens (tertiary/aromatic N) is 1. The number of ether oxygens (including phenoxy) is 3. The van der Waals surface area contributed by atoms with Crippen LogP contribution in [0, 0.1) is 6.92 Å². The minimum Gasteiger partial charge on any atom is -0.497 e. The number of thiocarbonyl (C=S) groups is 1. The molecule has 8 heteroatoms. The van der Waals surface area contributed by atoms with Crippen molar-refractivity contribution in [2.45, 2.75) is 17.9 Å². The van der Waals surface area contributed by atoms with Gasteiger partial charge in [0.1, 0.15) is 18.1 Å². The molecule has 0 radical (unpaired) electrons. The van der Waals surface area contributed by atoms with E-state index < -0.39 is 16.1 Å². The molecule has 2 aromatic carbocycles. The fraction of sp³-hybridized carbons (Fsp3) is 0.278. The first kappa shape index (κ1) is 18.5. The minimum absolute atomic E-state index is 0.0612. The van der Waals surface area contributed by atoms with Crippen molar-refractivity contribution in [1.29, 1.82) is 0 Å². The average Bonchev–Trinajstić information content (AvgIpc) is 3.02. The van der Waals surface area contributed by atoms with Gasteiger partial charge < -0.3 is 14.2 Å². The van der Waals surface area contributed by atoms with E-state index in [1.54, 1.807) is 55.6 Å². The van der Waals surface area contributed by atoms with E-state index in [1.807, 2.05) is 6.92 Å². The van der Waals surface area contributed by atoms with Gasteiger partial charge in [0.15, 0.2) is 6.10 Å². The molecule has 0 saturated carbocycles. The normalized spacial score (nSPS) is 17.1. The van der Waals surface area contributed by atoms with Crippen molar-refractivity contribution < 1.29 is 22.6 Å². The Labute approximate surface area is 158 Å². The highest BCUT2D eigenvalue weighted by molar-refractivity contribution is 7.91. The lowest BCUT2D eigenvalue weighted by atomic mass is 10.2. The molecule has 6 nitrogen and oxygen atoms in total. The van der Waals surface area contributed by atoms with Gasteiger partial charge >= 0.3 is 0 Å². The van der Waals surface area contributed by atoms with Crippen molar-refractivity contribution in [1.82, 2.24) is 4.31 Å². The van der Waals surface area contributed by atoms with Crippen LogP contribution in [-0.2, 0) is 14.8 Å². The molecule has 1 heterocycles. The van der Waals surface area contributed by atoms with Crippen molar-refractivity contribution >= 4 is 27.4 Å². The Morgan fingerprint density at radius 1 is 1.12 bits per heavy atom. The van der Waals surface area contributed by atoms with Crippen LogP contribution in [0.25, 0.3) is 0 Å². The lowest BCUT2D eigenvalue weighted by Crippen LogP contribution is -2.33. The third-order valence-electron chi connectivity index (χ3n) is 3.94. The maximum absolute atomic E-state index is 12.8. The SMILES string of the molecule is COc1ccc(OCC2CN(S(=O)(=O)c3ccc(C)cc3)C(=S)O2)cc1. The smallest absolute Gasteiger partial charge is 0.274 e. The van der Waals surface area contributed by atoms with Gasteiger partial charge in [-0.2, -0.15) is 0 Å². The predicted molar refractivity (Wildman–Crippen MR) is 101 cm³/mol.